The third kappa shape index (κ3) is 3.68. The lowest BCUT2D eigenvalue weighted by molar-refractivity contribution is 0.0951. The molecule has 0 bridgehead atoms. The molecule has 1 amide bonds. The second-order valence-electron chi connectivity index (χ2n) is 3.70. The van der Waals surface area contributed by atoms with E-state index in [9.17, 15) is 4.79 Å². The fourth-order valence-corrected chi connectivity index (χ4v) is 3.20. The molecule has 2 aromatic heterocycles. The van der Waals surface area contributed by atoms with Gasteiger partial charge in [0.2, 0.25) is 0 Å². The van der Waals surface area contributed by atoms with Gasteiger partial charge in [-0.05, 0) is 13.8 Å². The quantitative estimate of drug-likeness (QED) is 0.651. The van der Waals surface area contributed by atoms with Gasteiger partial charge in [-0.1, -0.05) is 34.7 Å². The van der Waals surface area contributed by atoms with Crippen molar-refractivity contribution < 1.29 is 4.79 Å². The monoisotopic (exact) mass is 317 g/mol. The van der Waals surface area contributed by atoms with Crippen molar-refractivity contribution in [2.75, 3.05) is 12.3 Å². The molecular formula is C10H12ClN5OS2. The summed E-state index contributed by atoms with van der Waals surface area (Å²) in [4.78, 5) is 11.8. The van der Waals surface area contributed by atoms with E-state index in [0.29, 0.717) is 17.3 Å². The molecule has 9 heteroatoms. The fourth-order valence-electron chi connectivity index (χ4n) is 1.29. The van der Waals surface area contributed by atoms with Crippen molar-refractivity contribution in [2.24, 2.45) is 0 Å². The number of nitrogens with one attached hydrogen (secondary N) is 2. The summed E-state index contributed by atoms with van der Waals surface area (Å²) >= 11 is 9.03. The van der Waals surface area contributed by atoms with Crippen LogP contribution in [0.5, 0.6) is 0 Å². The molecule has 0 saturated heterocycles. The molecule has 0 aliphatic carbocycles. The maximum atomic E-state index is 11.8. The third-order valence-electron chi connectivity index (χ3n) is 2.21. The van der Waals surface area contributed by atoms with E-state index in [1.165, 1.54) is 11.3 Å². The summed E-state index contributed by atoms with van der Waals surface area (Å²) in [7, 11) is 0. The normalized spacial score (nSPS) is 10.7. The van der Waals surface area contributed by atoms with E-state index in [1.54, 1.807) is 18.7 Å². The second kappa shape index (κ2) is 6.36. The van der Waals surface area contributed by atoms with Crippen LogP contribution in [0.4, 0.5) is 0 Å². The molecular weight excluding hydrogens is 306 g/mol. The number of H-pyrrole nitrogens is 1. The minimum Gasteiger partial charge on any atom is -0.350 e. The van der Waals surface area contributed by atoms with Gasteiger partial charge in [-0.15, -0.1) is 10.2 Å². The Bertz CT molecular complexity index is 582. The molecule has 0 saturated carbocycles. The van der Waals surface area contributed by atoms with Gasteiger partial charge in [-0.25, -0.2) is 0 Å². The number of rotatable bonds is 5. The first-order valence-electron chi connectivity index (χ1n) is 5.49. The number of aryl methyl sites for hydroxylation is 2. The van der Waals surface area contributed by atoms with Crippen LogP contribution >= 0.6 is 34.7 Å². The van der Waals surface area contributed by atoms with E-state index < -0.39 is 0 Å². The molecule has 19 heavy (non-hydrogen) atoms. The summed E-state index contributed by atoms with van der Waals surface area (Å²) in [5.41, 5.74) is 0.918. The number of aromatic amines is 1. The van der Waals surface area contributed by atoms with E-state index >= 15 is 0 Å². The number of aromatic nitrogens is 4. The van der Waals surface area contributed by atoms with Crippen LogP contribution in [0.2, 0.25) is 5.02 Å². The van der Waals surface area contributed by atoms with Crippen LogP contribution in [0.1, 0.15) is 21.2 Å². The number of carbonyl (C=O) groups is 1. The molecule has 0 aliphatic heterocycles. The van der Waals surface area contributed by atoms with Gasteiger partial charge >= 0.3 is 0 Å². The van der Waals surface area contributed by atoms with Crippen molar-refractivity contribution in [3.63, 3.8) is 0 Å². The number of thioether (sulfide) groups is 1. The first-order valence-corrected chi connectivity index (χ1v) is 7.67. The summed E-state index contributed by atoms with van der Waals surface area (Å²) in [5, 5.41) is 18.5. The van der Waals surface area contributed by atoms with Gasteiger partial charge in [0, 0.05) is 12.3 Å². The van der Waals surface area contributed by atoms with Gasteiger partial charge in [-0.2, -0.15) is 5.10 Å². The molecule has 0 fully saturated rings. The molecule has 0 spiro atoms. The lowest BCUT2D eigenvalue weighted by Gasteiger charge is -2.01. The van der Waals surface area contributed by atoms with E-state index in [-0.39, 0.29) is 11.6 Å². The zero-order valence-electron chi connectivity index (χ0n) is 10.4. The number of amides is 1. The molecule has 2 heterocycles. The van der Waals surface area contributed by atoms with E-state index in [4.69, 9.17) is 11.6 Å². The third-order valence-corrected chi connectivity index (χ3v) is 4.64. The van der Waals surface area contributed by atoms with Crippen molar-refractivity contribution in [3.8, 4) is 0 Å². The second-order valence-corrected chi connectivity index (χ2v) is 6.60. The van der Waals surface area contributed by atoms with Gasteiger partial charge in [0.05, 0.1) is 10.7 Å². The number of nitrogens with zero attached hydrogens (tertiary/aromatic N) is 3. The molecule has 0 unspecified atom stereocenters. The Morgan fingerprint density at radius 1 is 1.47 bits per heavy atom. The van der Waals surface area contributed by atoms with Crippen LogP contribution in [-0.2, 0) is 0 Å². The van der Waals surface area contributed by atoms with Gasteiger partial charge < -0.3 is 5.32 Å². The summed E-state index contributed by atoms with van der Waals surface area (Å²) in [5.74, 6) is 0.449. The predicted octanol–water partition coefficient (Wildman–Crippen LogP) is 2.05. The average Bonchev–Trinajstić information content (AvgIpc) is 2.93. The smallest absolute Gasteiger partial charge is 0.273 e. The highest BCUT2D eigenvalue weighted by molar-refractivity contribution is 8.01. The van der Waals surface area contributed by atoms with Gasteiger partial charge in [0.25, 0.3) is 5.91 Å². The summed E-state index contributed by atoms with van der Waals surface area (Å²) in [6.45, 7) is 4.19. The largest absolute Gasteiger partial charge is 0.350 e. The Hall–Kier alpha value is -1.12. The molecule has 0 aromatic carbocycles. The highest BCUT2D eigenvalue weighted by atomic mass is 35.5. The highest BCUT2D eigenvalue weighted by Crippen LogP contribution is 2.21. The number of hydrogen-bond donors (Lipinski definition) is 2. The highest BCUT2D eigenvalue weighted by Gasteiger charge is 2.15. The number of hydrogen-bond acceptors (Lipinski definition) is 6. The molecule has 2 rings (SSSR count). The Morgan fingerprint density at radius 3 is 2.84 bits per heavy atom. The summed E-state index contributed by atoms with van der Waals surface area (Å²) in [6, 6.07) is 0. The maximum Gasteiger partial charge on any atom is 0.273 e. The van der Waals surface area contributed by atoms with Crippen molar-refractivity contribution in [3.05, 3.63) is 21.4 Å². The molecule has 2 aromatic rings. The maximum absolute atomic E-state index is 11.8. The lowest BCUT2D eigenvalue weighted by atomic mass is 10.3. The van der Waals surface area contributed by atoms with Crippen molar-refractivity contribution in [1.82, 2.24) is 25.7 Å². The minimum atomic E-state index is -0.275. The molecule has 6 nitrogen and oxygen atoms in total. The van der Waals surface area contributed by atoms with Crippen LogP contribution in [0.25, 0.3) is 0 Å². The summed E-state index contributed by atoms with van der Waals surface area (Å²) < 4.78 is 0.903. The predicted molar refractivity (Wildman–Crippen MR) is 76.0 cm³/mol. The van der Waals surface area contributed by atoms with E-state index in [0.717, 1.165) is 15.1 Å². The van der Waals surface area contributed by atoms with Gasteiger partial charge in [0.1, 0.15) is 5.01 Å². The Balaban J connectivity index is 1.77. The minimum absolute atomic E-state index is 0.232. The number of halogens is 1. The molecule has 0 atom stereocenters. The van der Waals surface area contributed by atoms with Crippen molar-refractivity contribution >= 4 is 40.6 Å². The Morgan fingerprint density at radius 2 is 2.26 bits per heavy atom. The average molecular weight is 318 g/mol. The summed E-state index contributed by atoms with van der Waals surface area (Å²) in [6.07, 6.45) is 0. The Labute approximate surface area is 123 Å². The zero-order chi connectivity index (χ0) is 13.8. The van der Waals surface area contributed by atoms with E-state index in [1.807, 2.05) is 6.92 Å². The van der Waals surface area contributed by atoms with Crippen molar-refractivity contribution in [2.45, 2.75) is 18.2 Å². The Kier molecular flexibility index (Phi) is 4.78. The van der Waals surface area contributed by atoms with Gasteiger partial charge in [-0.3, -0.25) is 9.89 Å². The molecule has 0 radical (unpaired) electrons. The van der Waals surface area contributed by atoms with Crippen LogP contribution in [0.15, 0.2) is 4.34 Å². The SMILES string of the molecule is Cc1nnc(SCCNC(=O)c2n[nH]c(C)c2Cl)s1. The fraction of sp³-hybridized carbons (Fsp3) is 0.400. The van der Waals surface area contributed by atoms with Crippen LogP contribution < -0.4 is 5.32 Å². The van der Waals surface area contributed by atoms with E-state index in [2.05, 4.69) is 25.7 Å². The molecule has 0 aliphatic rings. The standard InChI is InChI=1S/C10H12ClN5OS2/c1-5-7(11)8(15-13-5)9(17)12-3-4-18-10-16-14-6(2)19-10/h3-4H2,1-2H3,(H,12,17)(H,13,15). The topological polar surface area (TPSA) is 83.6 Å². The van der Waals surface area contributed by atoms with Crippen LogP contribution in [0.3, 0.4) is 0 Å². The lowest BCUT2D eigenvalue weighted by Crippen LogP contribution is -2.26. The van der Waals surface area contributed by atoms with Crippen LogP contribution in [0, 0.1) is 13.8 Å². The van der Waals surface area contributed by atoms with Crippen molar-refractivity contribution in [1.29, 1.82) is 0 Å². The van der Waals surface area contributed by atoms with Crippen LogP contribution in [-0.4, -0.2) is 38.6 Å². The first-order chi connectivity index (χ1) is 9.08. The zero-order valence-corrected chi connectivity index (χ0v) is 12.7. The first kappa shape index (κ1) is 14.3. The molecule has 102 valence electrons. The number of carbonyl (C=O) groups excluding carboxylic acids is 1. The van der Waals surface area contributed by atoms with Gasteiger partial charge in [0.15, 0.2) is 10.0 Å². The molecule has 2 N–H and O–H groups in total.